The molecule has 0 saturated heterocycles. The molecular weight excluding hydrogens is 255 g/mol. The van der Waals surface area contributed by atoms with Crippen LogP contribution in [0.5, 0.6) is 0 Å². The Morgan fingerprint density at radius 1 is 1.12 bits per heavy atom. The number of benzene rings is 1. The van der Waals surface area contributed by atoms with Gasteiger partial charge in [0.1, 0.15) is 11.9 Å². The summed E-state index contributed by atoms with van der Waals surface area (Å²) in [5, 5.41) is 12.2. The van der Waals surface area contributed by atoms with Crippen molar-refractivity contribution < 1.29 is 9.50 Å². The Bertz CT molecular complexity index is 628. The van der Waals surface area contributed by atoms with Crippen molar-refractivity contribution in [2.45, 2.75) is 6.10 Å². The largest absolute Gasteiger partial charge is 0.383 e. The summed E-state index contributed by atoms with van der Waals surface area (Å²) >= 11 is 3.14. The van der Waals surface area contributed by atoms with Gasteiger partial charge in [0.2, 0.25) is 0 Å². The van der Waals surface area contributed by atoms with E-state index in [1.165, 1.54) is 17.4 Å². The third kappa shape index (κ3) is 1.88. The van der Waals surface area contributed by atoms with E-state index in [2.05, 4.69) is 0 Å². The van der Waals surface area contributed by atoms with Crippen molar-refractivity contribution >= 4 is 32.1 Å². The quantitative estimate of drug-likeness (QED) is 0.736. The lowest BCUT2D eigenvalue weighted by Crippen LogP contribution is -1.99. The third-order valence-corrected chi connectivity index (χ3v) is 4.77. The summed E-state index contributed by atoms with van der Waals surface area (Å²) in [6.45, 7) is 0. The maximum atomic E-state index is 13.6. The van der Waals surface area contributed by atoms with Crippen LogP contribution in [0.25, 0.3) is 9.40 Å². The van der Waals surface area contributed by atoms with Crippen LogP contribution in [-0.2, 0) is 0 Å². The zero-order valence-corrected chi connectivity index (χ0v) is 10.4. The SMILES string of the molecule is OC(c1cc2sccc2s1)c1ccccc1F. The Morgan fingerprint density at radius 3 is 2.71 bits per heavy atom. The van der Waals surface area contributed by atoms with Gasteiger partial charge in [-0.05, 0) is 23.6 Å². The van der Waals surface area contributed by atoms with Crippen LogP contribution in [-0.4, -0.2) is 5.11 Å². The minimum Gasteiger partial charge on any atom is -0.383 e. The highest BCUT2D eigenvalue weighted by molar-refractivity contribution is 7.26. The molecule has 1 nitrogen and oxygen atoms in total. The van der Waals surface area contributed by atoms with Crippen molar-refractivity contribution in [1.82, 2.24) is 0 Å². The molecule has 1 atom stereocenters. The van der Waals surface area contributed by atoms with Crippen LogP contribution in [0.2, 0.25) is 0 Å². The summed E-state index contributed by atoms with van der Waals surface area (Å²) in [5.74, 6) is -0.364. The molecule has 0 bridgehead atoms. The Hall–Kier alpha value is -1.23. The van der Waals surface area contributed by atoms with Crippen molar-refractivity contribution in [2.75, 3.05) is 0 Å². The predicted molar refractivity (Wildman–Crippen MR) is 70.2 cm³/mol. The molecule has 1 unspecified atom stereocenters. The minimum atomic E-state index is -0.874. The second-order valence-electron chi connectivity index (χ2n) is 3.72. The summed E-state index contributed by atoms with van der Waals surface area (Å²) in [6.07, 6.45) is -0.874. The zero-order valence-electron chi connectivity index (χ0n) is 8.76. The van der Waals surface area contributed by atoms with Crippen molar-refractivity contribution in [3.8, 4) is 0 Å². The van der Waals surface area contributed by atoms with E-state index in [0.29, 0.717) is 5.56 Å². The van der Waals surface area contributed by atoms with E-state index in [4.69, 9.17) is 0 Å². The van der Waals surface area contributed by atoms with Crippen molar-refractivity contribution in [2.24, 2.45) is 0 Å². The number of hydrogen-bond acceptors (Lipinski definition) is 3. The van der Waals surface area contributed by atoms with Crippen molar-refractivity contribution in [3.63, 3.8) is 0 Å². The van der Waals surface area contributed by atoms with Gasteiger partial charge < -0.3 is 5.11 Å². The average molecular weight is 264 g/mol. The molecule has 3 rings (SSSR count). The van der Waals surface area contributed by atoms with E-state index in [-0.39, 0.29) is 5.82 Å². The van der Waals surface area contributed by atoms with E-state index in [1.54, 1.807) is 29.5 Å². The lowest BCUT2D eigenvalue weighted by Gasteiger charge is -2.09. The van der Waals surface area contributed by atoms with Crippen LogP contribution < -0.4 is 0 Å². The molecule has 0 saturated carbocycles. The fourth-order valence-corrected chi connectivity index (χ4v) is 3.89. The molecule has 86 valence electrons. The Kier molecular flexibility index (Phi) is 2.70. The molecule has 17 heavy (non-hydrogen) atoms. The maximum Gasteiger partial charge on any atom is 0.129 e. The zero-order chi connectivity index (χ0) is 11.8. The van der Waals surface area contributed by atoms with E-state index >= 15 is 0 Å². The van der Waals surface area contributed by atoms with Gasteiger partial charge in [0, 0.05) is 19.8 Å². The fraction of sp³-hybridized carbons (Fsp3) is 0.0769. The van der Waals surface area contributed by atoms with Crippen molar-refractivity contribution in [1.29, 1.82) is 0 Å². The molecule has 0 aliphatic heterocycles. The molecule has 0 amide bonds. The molecule has 3 aromatic rings. The van der Waals surface area contributed by atoms with Gasteiger partial charge in [-0.3, -0.25) is 0 Å². The molecule has 0 aliphatic carbocycles. The first-order chi connectivity index (χ1) is 8.25. The van der Waals surface area contributed by atoms with Gasteiger partial charge in [0.15, 0.2) is 0 Å². The molecular formula is C13H9FOS2. The van der Waals surface area contributed by atoms with Gasteiger partial charge in [-0.25, -0.2) is 4.39 Å². The second-order valence-corrected chi connectivity index (χ2v) is 5.78. The smallest absolute Gasteiger partial charge is 0.129 e. The summed E-state index contributed by atoms with van der Waals surface area (Å²) < 4.78 is 15.8. The normalized spacial score (nSPS) is 13.1. The van der Waals surface area contributed by atoms with Crippen LogP contribution in [0.1, 0.15) is 16.5 Å². The monoisotopic (exact) mass is 264 g/mol. The van der Waals surface area contributed by atoms with Gasteiger partial charge in [0.05, 0.1) is 0 Å². The van der Waals surface area contributed by atoms with E-state index in [0.717, 1.165) is 14.3 Å². The summed E-state index contributed by atoms with van der Waals surface area (Å²) in [6, 6.07) is 10.3. The first-order valence-corrected chi connectivity index (χ1v) is 6.85. The number of hydrogen-bond donors (Lipinski definition) is 1. The van der Waals surface area contributed by atoms with Crippen molar-refractivity contribution in [3.05, 3.63) is 58.0 Å². The lowest BCUT2D eigenvalue weighted by molar-refractivity contribution is 0.219. The maximum absolute atomic E-state index is 13.6. The number of halogens is 1. The van der Waals surface area contributed by atoms with Crippen LogP contribution in [0.15, 0.2) is 41.8 Å². The fourth-order valence-electron chi connectivity index (χ4n) is 1.77. The first-order valence-electron chi connectivity index (χ1n) is 5.15. The molecule has 4 heteroatoms. The number of aliphatic hydroxyl groups is 1. The van der Waals surface area contributed by atoms with Gasteiger partial charge in [-0.15, -0.1) is 22.7 Å². The van der Waals surface area contributed by atoms with E-state index in [9.17, 15) is 9.50 Å². The molecule has 0 spiro atoms. The molecule has 1 N–H and O–H groups in total. The number of fused-ring (bicyclic) bond motifs is 1. The average Bonchev–Trinajstić information content (AvgIpc) is 2.88. The molecule has 0 radical (unpaired) electrons. The summed E-state index contributed by atoms with van der Waals surface area (Å²) in [7, 11) is 0. The van der Waals surface area contributed by atoms with Gasteiger partial charge >= 0.3 is 0 Å². The highest BCUT2D eigenvalue weighted by atomic mass is 32.1. The number of rotatable bonds is 2. The highest BCUT2D eigenvalue weighted by Gasteiger charge is 2.17. The molecule has 2 aromatic heterocycles. The third-order valence-electron chi connectivity index (χ3n) is 2.63. The van der Waals surface area contributed by atoms with Crippen LogP contribution in [0.4, 0.5) is 4.39 Å². The van der Waals surface area contributed by atoms with E-state index in [1.807, 2.05) is 17.5 Å². The van der Waals surface area contributed by atoms with Gasteiger partial charge in [-0.1, -0.05) is 18.2 Å². The molecule has 0 aliphatic rings. The van der Waals surface area contributed by atoms with E-state index < -0.39 is 6.10 Å². The second kappa shape index (κ2) is 4.22. The number of thiophene rings is 2. The molecule has 0 fully saturated rings. The Balaban J connectivity index is 2.04. The molecule has 1 aromatic carbocycles. The lowest BCUT2D eigenvalue weighted by atomic mass is 10.1. The summed E-state index contributed by atoms with van der Waals surface area (Å²) in [5.41, 5.74) is 0.335. The first kappa shape index (κ1) is 10.9. The van der Waals surface area contributed by atoms with Gasteiger partial charge in [-0.2, -0.15) is 0 Å². The number of aliphatic hydroxyl groups excluding tert-OH is 1. The van der Waals surface area contributed by atoms with Gasteiger partial charge in [0.25, 0.3) is 0 Å². The standard InChI is InChI=1S/C13H9FOS2/c14-9-4-2-1-3-8(9)13(15)12-7-11-10(17-12)5-6-16-11/h1-7,13,15H. The molecule has 2 heterocycles. The topological polar surface area (TPSA) is 20.2 Å². The van der Waals surface area contributed by atoms with Crippen LogP contribution >= 0.6 is 22.7 Å². The van der Waals surface area contributed by atoms with Crippen LogP contribution in [0, 0.1) is 5.82 Å². The minimum absolute atomic E-state index is 0.335. The van der Waals surface area contributed by atoms with Crippen LogP contribution in [0.3, 0.4) is 0 Å². The summed E-state index contributed by atoms with van der Waals surface area (Å²) in [4.78, 5) is 0.789. The Labute approximate surface area is 106 Å². The Morgan fingerprint density at radius 2 is 1.94 bits per heavy atom. The highest BCUT2D eigenvalue weighted by Crippen LogP contribution is 2.36. The predicted octanol–water partition coefficient (Wildman–Crippen LogP) is 4.18.